The minimum Gasteiger partial charge on any atom is -0.324 e. The first-order valence-corrected chi connectivity index (χ1v) is 8.20. The molecule has 0 amide bonds. The van der Waals surface area contributed by atoms with Gasteiger partial charge >= 0.3 is 7.60 Å². The molecule has 1 rings (SSSR count). The zero-order valence-electron chi connectivity index (χ0n) is 9.56. The number of rotatable bonds is 7. The molecule has 0 aliphatic carbocycles. The van der Waals surface area contributed by atoms with E-state index in [0.29, 0.717) is 23.5 Å². The van der Waals surface area contributed by atoms with Gasteiger partial charge in [-0.05, 0) is 12.2 Å². The van der Waals surface area contributed by atoms with Crippen molar-refractivity contribution >= 4 is 25.0 Å². The van der Waals surface area contributed by atoms with Crippen LogP contribution in [0.25, 0.3) is 0 Å². The molecule has 18 heavy (non-hydrogen) atoms. The number of benzene rings is 1. The second-order valence-corrected chi connectivity index (χ2v) is 6.56. The number of para-hydroxylation sites is 1. The van der Waals surface area contributed by atoms with Gasteiger partial charge in [0.25, 0.3) is 5.69 Å². The molecule has 0 saturated heterocycles. The maximum absolute atomic E-state index is 10.7. The van der Waals surface area contributed by atoms with Crippen molar-refractivity contribution in [2.75, 3.05) is 11.9 Å². The Morgan fingerprint density at radius 1 is 1.33 bits per heavy atom. The molecule has 0 aliphatic rings. The van der Waals surface area contributed by atoms with E-state index in [1.54, 1.807) is 18.2 Å². The Balaban J connectivity index is 2.40. The van der Waals surface area contributed by atoms with Crippen LogP contribution < -0.4 is 0 Å². The molecule has 8 heteroatoms. The van der Waals surface area contributed by atoms with E-state index in [1.165, 1.54) is 17.8 Å². The van der Waals surface area contributed by atoms with Crippen LogP contribution in [0.1, 0.15) is 12.0 Å². The number of nitrogens with zero attached hydrogens (tertiary/aromatic N) is 1. The van der Waals surface area contributed by atoms with Gasteiger partial charge in [-0.25, -0.2) is 0 Å². The summed E-state index contributed by atoms with van der Waals surface area (Å²) in [6, 6.07) is 6.48. The quantitative estimate of drug-likeness (QED) is 0.346. The van der Waals surface area contributed by atoms with E-state index in [0.717, 1.165) is 0 Å². The van der Waals surface area contributed by atoms with Crippen LogP contribution in [-0.2, 0) is 10.3 Å². The predicted octanol–water partition coefficient (Wildman–Crippen LogP) is 2.40. The first kappa shape index (κ1) is 15.2. The van der Waals surface area contributed by atoms with Gasteiger partial charge in [0.05, 0.1) is 11.1 Å². The van der Waals surface area contributed by atoms with Crippen LogP contribution in [0, 0.1) is 10.1 Å². The summed E-state index contributed by atoms with van der Waals surface area (Å²) in [4.78, 5) is 27.6. The van der Waals surface area contributed by atoms with E-state index in [2.05, 4.69) is 0 Å². The Kier molecular flexibility index (Phi) is 5.81. The van der Waals surface area contributed by atoms with E-state index in [-0.39, 0.29) is 11.8 Å². The zero-order valence-corrected chi connectivity index (χ0v) is 11.3. The number of nitro groups is 1. The first-order chi connectivity index (χ1) is 8.40. The smallest absolute Gasteiger partial charge is 0.324 e. The highest BCUT2D eigenvalue weighted by atomic mass is 32.2. The molecule has 0 fully saturated rings. The van der Waals surface area contributed by atoms with Crippen molar-refractivity contribution in [3.63, 3.8) is 0 Å². The van der Waals surface area contributed by atoms with Gasteiger partial charge in [-0.1, -0.05) is 18.2 Å². The monoisotopic (exact) mass is 291 g/mol. The van der Waals surface area contributed by atoms with E-state index in [1.807, 2.05) is 0 Å². The van der Waals surface area contributed by atoms with Crippen LogP contribution >= 0.6 is 19.4 Å². The second kappa shape index (κ2) is 6.89. The van der Waals surface area contributed by atoms with Crippen LogP contribution in [0.15, 0.2) is 24.3 Å². The molecule has 0 radical (unpaired) electrons. The van der Waals surface area contributed by atoms with Gasteiger partial charge in [-0.2, -0.15) is 11.8 Å². The Morgan fingerprint density at radius 3 is 2.61 bits per heavy atom. The summed E-state index contributed by atoms with van der Waals surface area (Å²) in [5.74, 6) is 1.04. The number of hydrogen-bond donors (Lipinski definition) is 2. The molecule has 0 bridgehead atoms. The van der Waals surface area contributed by atoms with Gasteiger partial charge < -0.3 is 9.79 Å². The van der Waals surface area contributed by atoms with Crippen molar-refractivity contribution in [3.05, 3.63) is 39.9 Å². The van der Waals surface area contributed by atoms with Gasteiger partial charge in [0.15, 0.2) is 0 Å². The summed E-state index contributed by atoms with van der Waals surface area (Å²) >= 11 is 1.43. The number of nitro benzene ring substituents is 1. The topological polar surface area (TPSA) is 101 Å². The molecule has 1 aromatic rings. The fraction of sp³-hybridized carbons (Fsp3) is 0.400. The van der Waals surface area contributed by atoms with Crippen molar-refractivity contribution < 1.29 is 19.3 Å². The fourth-order valence-electron chi connectivity index (χ4n) is 1.37. The van der Waals surface area contributed by atoms with E-state index >= 15 is 0 Å². The molecular weight excluding hydrogens is 277 g/mol. The minimum atomic E-state index is -3.92. The Labute approximate surface area is 109 Å². The van der Waals surface area contributed by atoms with Gasteiger partial charge in [0.2, 0.25) is 0 Å². The predicted molar refractivity (Wildman–Crippen MR) is 70.8 cm³/mol. The lowest BCUT2D eigenvalue weighted by atomic mass is 10.2. The molecule has 6 nitrogen and oxygen atoms in total. The molecule has 0 saturated carbocycles. The van der Waals surface area contributed by atoms with Crippen LogP contribution in [-0.4, -0.2) is 26.6 Å². The van der Waals surface area contributed by atoms with Gasteiger partial charge in [0.1, 0.15) is 0 Å². The van der Waals surface area contributed by atoms with Gasteiger partial charge in [0, 0.05) is 17.4 Å². The van der Waals surface area contributed by atoms with Gasteiger partial charge in [-0.15, -0.1) is 0 Å². The largest absolute Gasteiger partial charge is 0.325 e. The maximum Gasteiger partial charge on any atom is 0.325 e. The van der Waals surface area contributed by atoms with E-state index in [4.69, 9.17) is 9.79 Å². The SMILES string of the molecule is O=[N+]([O-])c1ccccc1CSCCCP(=O)(O)O. The minimum absolute atomic E-state index is 0.0833. The molecule has 0 spiro atoms. The first-order valence-electron chi connectivity index (χ1n) is 5.25. The molecule has 0 aliphatic heterocycles. The van der Waals surface area contributed by atoms with Crippen LogP contribution in [0.5, 0.6) is 0 Å². The van der Waals surface area contributed by atoms with Crippen LogP contribution in [0.3, 0.4) is 0 Å². The number of thioether (sulfide) groups is 1. The number of hydrogen-bond acceptors (Lipinski definition) is 4. The summed E-state index contributed by atoms with van der Waals surface area (Å²) in [7, 11) is -3.92. The molecule has 100 valence electrons. The summed E-state index contributed by atoms with van der Waals surface area (Å²) in [5, 5.41) is 10.7. The molecule has 0 atom stereocenters. The lowest BCUT2D eigenvalue weighted by molar-refractivity contribution is -0.385. The van der Waals surface area contributed by atoms with Crippen molar-refractivity contribution in [3.8, 4) is 0 Å². The standard InChI is InChI=1S/C10H14NO5PS/c12-11(13)10-5-2-1-4-9(10)8-18-7-3-6-17(14,15)16/h1-2,4-5H,3,6-8H2,(H2,14,15,16). The molecule has 1 aromatic carbocycles. The maximum atomic E-state index is 10.7. The lowest BCUT2D eigenvalue weighted by Gasteiger charge is -2.04. The Hall–Kier alpha value is -0.880. The summed E-state index contributed by atoms with van der Waals surface area (Å²) < 4.78 is 10.6. The molecule has 0 aromatic heterocycles. The molecule has 0 unspecified atom stereocenters. The average Bonchev–Trinajstić information content (AvgIpc) is 2.27. The molecular formula is C10H14NO5PS. The van der Waals surface area contributed by atoms with Crippen molar-refractivity contribution in [2.24, 2.45) is 0 Å². The third kappa shape index (κ3) is 5.64. The van der Waals surface area contributed by atoms with Crippen molar-refractivity contribution in [1.29, 1.82) is 0 Å². The van der Waals surface area contributed by atoms with Crippen LogP contribution in [0.4, 0.5) is 5.69 Å². The summed E-state index contributed by atoms with van der Waals surface area (Å²) in [6.07, 6.45) is 0.256. The summed E-state index contributed by atoms with van der Waals surface area (Å²) in [5.41, 5.74) is 0.712. The molecule has 0 heterocycles. The van der Waals surface area contributed by atoms with Crippen molar-refractivity contribution in [2.45, 2.75) is 12.2 Å². The fourth-order valence-corrected chi connectivity index (χ4v) is 3.11. The van der Waals surface area contributed by atoms with Crippen molar-refractivity contribution in [1.82, 2.24) is 0 Å². The highest BCUT2D eigenvalue weighted by Gasteiger charge is 2.13. The second-order valence-electron chi connectivity index (χ2n) is 3.68. The lowest BCUT2D eigenvalue weighted by Crippen LogP contribution is -1.95. The van der Waals surface area contributed by atoms with Crippen LogP contribution in [0.2, 0.25) is 0 Å². The highest BCUT2D eigenvalue weighted by molar-refractivity contribution is 7.98. The Bertz CT molecular complexity index is 461. The van der Waals surface area contributed by atoms with E-state index < -0.39 is 12.5 Å². The Morgan fingerprint density at radius 2 is 2.00 bits per heavy atom. The zero-order chi connectivity index (χ0) is 13.6. The normalized spacial score (nSPS) is 11.4. The third-order valence-electron chi connectivity index (χ3n) is 2.18. The molecule has 2 N–H and O–H groups in total. The summed E-state index contributed by atoms with van der Waals surface area (Å²) in [6.45, 7) is 0. The third-order valence-corrected chi connectivity index (χ3v) is 4.18. The highest BCUT2D eigenvalue weighted by Crippen LogP contribution is 2.35. The van der Waals surface area contributed by atoms with Gasteiger partial charge in [-0.3, -0.25) is 14.7 Å². The average molecular weight is 291 g/mol. The van der Waals surface area contributed by atoms with E-state index in [9.17, 15) is 14.7 Å².